The van der Waals surface area contributed by atoms with Crippen LogP contribution in [-0.2, 0) is 6.54 Å². The molecule has 0 fully saturated rings. The number of nitrogens with zero attached hydrogens (tertiary/aromatic N) is 1. The Labute approximate surface area is 97.5 Å². The van der Waals surface area contributed by atoms with Crippen molar-refractivity contribution in [2.75, 3.05) is 0 Å². The van der Waals surface area contributed by atoms with E-state index in [0.717, 1.165) is 5.56 Å². The molecule has 0 saturated heterocycles. The van der Waals surface area contributed by atoms with E-state index in [1.54, 1.807) is 12.1 Å². The minimum absolute atomic E-state index is 0.135. The molecule has 0 aromatic heterocycles. The van der Waals surface area contributed by atoms with E-state index in [-0.39, 0.29) is 5.11 Å². The van der Waals surface area contributed by atoms with Gasteiger partial charge in [-0.15, -0.1) is 0 Å². The predicted molar refractivity (Wildman–Crippen MR) is 63.0 cm³/mol. The van der Waals surface area contributed by atoms with E-state index in [1.807, 2.05) is 6.07 Å². The fraction of sp³-hybridized carbons (Fsp3) is 0.125. The van der Waals surface area contributed by atoms with Crippen molar-refractivity contribution in [3.05, 3.63) is 33.8 Å². The summed E-state index contributed by atoms with van der Waals surface area (Å²) < 4.78 is 0. The van der Waals surface area contributed by atoms with Crippen molar-refractivity contribution >= 4 is 40.5 Å². The van der Waals surface area contributed by atoms with E-state index in [1.165, 1.54) is 5.01 Å². The first-order chi connectivity index (χ1) is 6.50. The summed E-state index contributed by atoms with van der Waals surface area (Å²) in [5, 5.41) is 2.39. The maximum absolute atomic E-state index is 5.82. The molecule has 0 amide bonds. The summed E-state index contributed by atoms with van der Waals surface area (Å²) in [6.07, 6.45) is 0. The number of halogens is 2. The van der Waals surface area contributed by atoms with E-state index in [2.05, 4.69) is 0 Å². The first kappa shape index (κ1) is 11.5. The van der Waals surface area contributed by atoms with Crippen LogP contribution in [0.3, 0.4) is 0 Å². The molecule has 3 nitrogen and oxygen atoms in total. The van der Waals surface area contributed by atoms with E-state index >= 15 is 0 Å². The molecule has 0 aliphatic heterocycles. The molecule has 1 rings (SSSR count). The van der Waals surface area contributed by atoms with Crippen LogP contribution in [0.2, 0.25) is 10.0 Å². The van der Waals surface area contributed by atoms with Gasteiger partial charge in [0.15, 0.2) is 5.11 Å². The van der Waals surface area contributed by atoms with Crippen LogP contribution in [-0.4, -0.2) is 10.1 Å². The minimum atomic E-state index is 0.135. The number of rotatable bonds is 2. The number of hydrogen-bond donors (Lipinski definition) is 2. The molecule has 14 heavy (non-hydrogen) atoms. The number of nitrogens with two attached hydrogens (primary N) is 2. The molecule has 1 aromatic rings. The lowest BCUT2D eigenvalue weighted by Crippen LogP contribution is -2.40. The molecule has 0 aliphatic carbocycles. The molecule has 0 spiro atoms. The maximum atomic E-state index is 5.82. The van der Waals surface area contributed by atoms with E-state index < -0.39 is 0 Å². The lowest BCUT2D eigenvalue weighted by molar-refractivity contribution is 0.437. The van der Waals surface area contributed by atoms with Crippen molar-refractivity contribution in [1.29, 1.82) is 0 Å². The summed E-state index contributed by atoms with van der Waals surface area (Å²) in [7, 11) is 0. The Kier molecular flexibility index (Phi) is 3.95. The third-order valence-electron chi connectivity index (χ3n) is 1.62. The van der Waals surface area contributed by atoms with Gasteiger partial charge in [-0.3, -0.25) is 5.01 Å². The molecule has 0 saturated carbocycles. The van der Waals surface area contributed by atoms with Gasteiger partial charge in [0.1, 0.15) is 0 Å². The van der Waals surface area contributed by atoms with Gasteiger partial charge in [-0.25, -0.2) is 5.84 Å². The smallest absolute Gasteiger partial charge is 0.180 e. The van der Waals surface area contributed by atoms with Crippen LogP contribution in [0.25, 0.3) is 0 Å². The van der Waals surface area contributed by atoms with E-state index in [4.69, 9.17) is 47.0 Å². The SMILES string of the molecule is NC(=S)N(N)Cc1ccc(Cl)c(Cl)c1. The Bertz CT molecular complexity index is 356. The molecule has 0 atom stereocenters. The normalized spacial score (nSPS) is 9.93. The van der Waals surface area contributed by atoms with Crippen molar-refractivity contribution in [2.45, 2.75) is 6.54 Å². The summed E-state index contributed by atoms with van der Waals surface area (Å²) >= 11 is 16.3. The number of benzene rings is 1. The highest BCUT2D eigenvalue weighted by atomic mass is 35.5. The average Bonchev–Trinajstić information content (AvgIpc) is 2.11. The molecule has 0 heterocycles. The van der Waals surface area contributed by atoms with Crippen LogP contribution >= 0.6 is 35.4 Å². The highest BCUT2D eigenvalue weighted by molar-refractivity contribution is 7.80. The maximum Gasteiger partial charge on any atom is 0.180 e. The number of thiocarbonyl (C=S) groups is 1. The molecule has 1 aromatic carbocycles. The Balaban J connectivity index is 2.78. The largest absolute Gasteiger partial charge is 0.375 e. The van der Waals surface area contributed by atoms with Gasteiger partial charge >= 0.3 is 0 Å². The first-order valence-corrected chi connectivity index (χ1v) is 4.92. The van der Waals surface area contributed by atoms with Crippen LogP contribution in [0.15, 0.2) is 18.2 Å². The molecule has 4 N–H and O–H groups in total. The Morgan fingerprint density at radius 1 is 1.36 bits per heavy atom. The van der Waals surface area contributed by atoms with Crippen molar-refractivity contribution in [1.82, 2.24) is 5.01 Å². The van der Waals surface area contributed by atoms with Crippen LogP contribution in [0.5, 0.6) is 0 Å². The predicted octanol–water partition coefficient (Wildman–Crippen LogP) is 1.91. The van der Waals surface area contributed by atoms with Crippen LogP contribution in [0.1, 0.15) is 5.56 Å². The Morgan fingerprint density at radius 3 is 2.50 bits per heavy atom. The minimum Gasteiger partial charge on any atom is -0.375 e. The summed E-state index contributed by atoms with van der Waals surface area (Å²) in [6.45, 7) is 0.409. The Hall–Kier alpha value is -0.550. The standard InChI is InChI=1S/C8H9Cl2N3S/c9-6-2-1-5(3-7(6)10)4-13(12)8(11)14/h1-3H,4,12H2,(H2,11,14). The van der Waals surface area contributed by atoms with Crippen molar-refractivity contribution in [2.24, 2.45) is 11.6 Å². The molecular weight excluding hydrogens is 241 g/mol. The molecular formula is C8H9Cl2N3S. The molecule has 0 radical (unpaired) electrons. The third kappa shape index (κ3) is 2.99. The molecule has 76 valence electrons. The zero-order valence-corrected chi connectivity index (χ0v) is 9.53. The molecule has 0 unspecified atom stereocenters. The zero-order chi connectivity index (χ0) is 10.7. The Morgan fingerprint density at radius 2 is 2.00 bits per heavy atom. The van der Waals surface area contributed by atoms with Gasteiger partial charge in [0, 0.05) is 0 Å². The lowest BCUT2D eigenvalue weighted by Gasteiger charge is -2.16. The lowest BCUT2D eigenvalue weighted by atomic mass is 10.2. The van der Waals surface area contributed by atoms with Crippen molar-refractivity contribution in [3.63, 3.8) is 0 Å². The van der Waals surface area contributed by atoms with E-state index in [9.17, 15) is 0 Å². The second-order valence-electron chi connectivity index (χ2n) is 2.71. The van der Waals surface area contributed by atoms with Crippen LogP contribution in [0, 0.1) is 0 Å². The topological polar surface area (TPSA) is 55.3 Å². The number of hydrazine groups is 1. The first-order valence-electron chi connectivity index (χ1n) is 3.76. The monoisotopic (exact) mass is 249 g/mol. The van der Waals surface area contributed by atoms with Crippen molar-refractivity contribution in [3.8, 4) is 0 Å². The molecule has 0 aliphatic rings. The van der Waals surface area contributed by atoms with Gasteiger partial charge in [0.05, 0.1) is 16.6 Å². The van der Waals surface area contributed by atoms with Crippen LogP contribution < -0.4 is 11.6 Å². The highest BCUT2D eigenvalue weighted by Crippen LogP contribution is 2.22. The van der Waals surface area contributed by atoms with Gasteiger partial charge in [0.25, 0.3) is 0 Å². The average molecular weight is 250 g/mol. The molecule has 6 heteroatoms. The molecule has 0 bridgehead atoms. The fourth-order valence-electron chi connectivity index (χ4n) is 0.913. The third-order valence-corrected chi connectivity index (χ3v) is 2.59. The van der Waals surface area contributed by atoms with Gasteiger partial charge in [-0.05, 0) is 29.9 Å². The van der Waals surface area contributed by atoms with Crippen molar-refractivity contribution < 1.29 is 0 Å². The second-order valence-corrected chi connectivity index (χ2v) is 3.95. The van der Waals surface area contributed by atoms with Gasteiger partial charge < -0.3 is 5.73 Å². The summed E-state index contributed by atoms with van der Waals surface area (Å²) in [6, 6.07) is 5.24. The zero-order valence-electron chi connectivity index (χ0n) is 7.21. The quantitative estimate of drug-likeness (QED) is 0.478. The van der Waals surface area contributed by atoms with E-state index in [0.29, 0.717) is 16.6 Å². The summed E-state index contributed by atoms with van der Waals surface area (Å²) in [5.41, 5.74) is 6.22. The van der Waals surface area contributed by atoms with Gasteiger partial charge in [-0.1, -0.05) is 29.3 Å². The fourth-order valence-corrected chi connectivity index (χ4v) is 1.30. The van der Waals surface area contributed by atoms with Gasteiger partial charge in [0.2, 0.25) is 0 Å². The summed E-state index contributed by atoms with van der Waals surface area (Å²) in [5.74, 6) is 5.53. The van der Waals surface area contributed by atoms with Crippen LogP contribution in [0.4, 0.5) is 0 Å². The van der Waals surface area contributed by atoms with Gasteiger partial charge in [-0.2, -0.15) is 0 Å². The highest BCUT2D eigenvalue weighted by Gasteiger charge is 2.04. The summed E-state index contributed by atoms with van der Waals surface area (Å²) in [4.78, 5) is 0. The second kappa shape index (κ2) is 4.79. The number of hydrogen-bond acceptors (Lipinski definition) is 2.